The minimum absolute atomic E-state index is 0.577. The van der Waals surface area contributed by atoms with Crippen molar-refractivity contribution in [2.24, 2.45) is 11.7 Å². The van der Waals surface area contributed by atoms with Gasteiger partial charge < -0.3 is 10.5 Å². The molecule has 1 aliphatic rings. The van der Waals surface area contributed by atoms with E-state index in [1.807, 2.05) is 24.3 Å². The molecule has 2 N–H and O–H groups in total. The molecular formula is C16H23NO. The maximum Gasteiger partial charge on any atom is 0.119 e. The smallest absolute Gasteiger partial charge is 0.119 e. The Morgan fingerprint density at radius 1 is 1.22 bits per heavy atom. The first kappa shape index (κ1) is 13.2. The summed E-state index contributed by atoms with van der Waals surface area (Å²) in [5.74, 6) is 1.72. The van der Waals surface area contributed by atoms with E-state index in [2.05, 4.69) is 12.1 Å². The molecule has 0 unspecified atom stereocenters. The van der Waals surface area contributed by atoms with Crippen LogP contribution in [-0.4, -0.2) is 13.2 Å². The molecule has 0 spiro atoms. The number of nitrogens with two attached hydrogens (primary N) is 1. The summed E-state index contributed by atoms with van der Waals surface area (Å²) in [7, 11) is 0. The highest BCUT2D eigenvalue weighted by atomic mass is 16.5. The summed E-state index contributed by atoms with van der Waals surface area (Å²) in [6.07, 6.45) is 10.8. The third-order valence-electron chi connectivity index (χ3n) is 3.51. The Kier molecular flexibility index (Phi) is 5.28. The fraction of sp³-hybridized carbons (Fsp3) is 0.500. The summed E-state index contributed by atoms with van der Waals surface area (Å²) < 4.78 is 5.90. The Hall–Kier alpha value is -1.28. The molecule has 0 amide bonds. The van der Waals surface area contributed by atoms with Gasteiger partial charge in [-0.1, -0.05) is 43.5 Å². The van der Waals surface area contributed by atoms with Crippen molar-refractivity contribution in [2.45, 2.75) is 32.1 Å². The second-order valence-corrected chi connectivity index (χ2v) is 5.03. The van der Waals surface area contributed by atoms with Crippen LogP contribution in [0.5, 0.6) is 5.75 Å². The second-order valence-electron chi connectivity index (χ2n) is 5.03. The predicted octanol–water partition coefficient (Wildman–Crippen LogP) is 3.62. The standard InChI is InChI=1S/C16H23NO/c17-11-5-9-14-8-4-10-16(12-14)18-13-15-6-2-1-3-7-15/h4-5,8-10,12,15H,1-3,6-7,11,13,17H2/b9-5+. The van der Waals surface area contributed by atoms with Crippen LogP contribution in [0.25, 0.3) is 6.08 Å². The van der Waals surface area contributed by atoms with Gasteiger partial charge in [-0.25, -0.2) is 0 Å². The lowest BCUT2D eigenvalue weighted by molar-refractivity contribution is 0.209. The maximum atomic E-state index is 5.90. The lowest BCUT2D eigenvalue weighted by atomic mass is 9.90. The molecule has 2 heteroatoms. The van der Waals surface area contributed by atoms with Crippen LogP contribution < -0.4 is 10.5 Å². The SMILES string of the molecule is NC/C=C/c1cccc(OCC2CCCCC2)c1. The lowest BCUT2D eigenvalue weighted by Crippen LogP contribution is -2.15. The number of hydrogen-bond acceptors (Lipinski definition) is 2. The Labute approximate surface area is 110 Å². The summed E-state index contributed by atoms with van der Waals surface area (Å²) in [4.78, 5) is 0. The first-order valence-electron chi connectivity index (χ1n) is 6.98. The zero-order valence-corrected chi connectivity index (χ0v) is 11.0. The molecule has 98 valence electrons. The average molecular weight is 245 g/mol. The maximum absolute atomic E-state index is 5.90. The highest BCUT2D eigenvalue weighted by Crippen LogP contribution is 2.24. The van der Waals surface area contributed by atoms with Gasteiger partial charge >= 0.3 is 0 Å². The van der Waals surface area contributed by atoms with Crippen LogP contribution in [0.3, 0.4) is 0 Å². The predicted molar refractivity (Wildman–Crippen MR) is 76.6 cm³/mol. The molecule has 0 saturated heterocycles. The minimum Gasteiger partial charge on any atom is -0.493 e. The van der Waals surface area contributed by atoms with Crippen molar-refractivity contribution in [3.63, 3.8) is 0 Å². The number of hydrogen-bond donors (Lipinski definition) is 1. The van der Waals surface area contributed by atoms with E-state index in [0.29, 0.717) is 6.54 Å². The molecule has 2 rings (SSSR count). The van der Waals surface area contributed by atoms with Crippen molar-refractivity contribution in [1.29, 1.82) is 0 Å². The second kappa shape index (κ2) is 7.22. The molecular weight excluding hydrogens is 222 g/mol. The Morgan fingerprint density at radius 3 is 2.83 bits per heavy atom. The van der Waals surface area contributed by atoms with E-state index in [-0.39, 0.29) is 0 Å². The van der Waals surface area contributed by atoms with Gasteiger partial charge in [0.25, 0.3) is 0 Å². The summed E-state index contributed by atoms with van der Waals surface area (Å²) in [5.41, 5.74) is 6.61. The van der Waals surface area contributed by atoms with Crippen LogP contribution in [0, 0.1) is 5.92 Å². The molecule has 0 aliphatic heterocycles. The van der Waals surface area contributed by atoms with E-state index in [1.54, 1.807) is 0 Å². The molecule has 1 aromatic rings. The normalized spacial score (nSPS) is 17.2. The van der Waals surface area contributed by atoms with Crippen LogP contribution in [0.4, 0.5) is 0 Å². The van der Waals surface area contributed by atoms with Gasteiger partial charge in [0.2, 0.25) is 0 Å². The molecule has 18 heavy (non-hydrogen) atoms. The van der Waals surface area contributed by atoms with Gasteiger partial charge in [-0.3, -0.25) is 0 Å². The minimum atomic E-state index is 0.577. The lowest BCUT2D eigenvalue weighted by Gasteiger charge is -2.21. The molecule has 0 aromatic heterocycles. The fourth-order valence-corrected chi connectivity index (χ4v) is 2.48. The molecule has 0 bridgehead atoms. The van der Waals surface area contributed by atoms with E-state index in [9.17, 15) is 0 Å². The Morgan fingerprint density at radius 2 is 2.06 bits per heavy atom. The van der Waals surface area contributed by atoms with Crippen molar-refractivity contribution in [2.75, 3.05) is 13.2 Å². The van der Waals surface area contributed by atoms with Gasteiger partial charge in [0.15, 0.2) is 0 Å². The van der Waals surface area contributed by atoms with Gasteiger partial charge in [0.05, 0.1) is 6.61 Å². The van der Waals surface area contributed by atoms with E-state index < -0.39 is 0 Å². The number of ether oxygens (including phenoxy) is 1. The van der Waals surface area contributed by atoms with Gasteiger partial charge in [0.1, 0.15) is 5.75 Å². The molecule has 2 nitrogen and oxygen atoms in total. The molecule has 1 fully saturated rings. The van der Waals surface area contributed by atoms with Crippen LogP contribution in [0.1, 0.15) is 37.7 Å². The van der Waals surface area contributed by atoms with Gasteiger partial charge in [0, 0.05) is 6.54 Å². The molecule has 0 atom stereocenters. The Bertz CT molecular complexity index is 380. The van der Waals surface area contributed by atoms with E-state index in [0.717, 1.165) is 23.8 Å². The van der Waals surface area contributed by atoms with Crippen LogP contribution in [-0.2, 0) is 0 Å². The van der Waals surface area contributed by atoms with Gasteiger partial charge in [-0.2, -0.15) is 0 Å². The van der Waals surface area contributed by atoms with Crippen molar-refractivity contribution >= 4 is 6.08 Å². The van der Waals surface area contributed by atoms with Crippen molar-refractivity contribution in [3.8, 4) is 5.75 Å². The average Bonchev–Trinajstić information content (AvgIpc) is 2.44. The van der Waals surface area contributed by atoms with Gasteiger partial charge in [-0.15, -0.1) is 0 Å². The molecule has 0 heterocycles. The summed E-state index contributed by atoms with van der Waals surface area (Å²) in [6, 6.07) is 8.21. The summed E-state index contributed by atoms with van der Waals surface area (Å²) >= 11 is 0. The van der Waals surface area contributed by atoms with E-state index >= 15 is 0 Å². The third-order valence-corrected chi connectivity index (χ3v) is 3.51. The van der Waals surface area contributed by atoms with Crippen molar-refractivity contribution in [3.05, 3.63) is 35.9 Å². The highest BCUT2D eigenvalue weighted by Gasteiger charge is 2.13. The first-order chi connectivity index (χ1) is 8.88. The van der Waals surface area contributed by atoms with E-state index in [1.165, 1.54) is 32.1 Å². The zero-order valence-electron chi connectivity index (χ0n) is 11.0. The van der Waals surface area contributed by atoms with Gasteiger partial charge in [-0.05, 0) is 36.5 Å². The Balaban J connectivity index is 1.86. The zero-order chi connectivity index (χ0) is 12.6. The van der Waals surface area contributed by atoms with Crippen LogP contribution in [0.2, 0.25) is 0 Å². The van der Waals surface area contributed by atoms with E-state index in [4.69, 9.17) is 10.5 Å². The molecule has 1 aromatic carbocycles. The summed E-state index contributed by atoms with van der Waals surface area (Å²) in [6.45, 7) is 1.44. The largest absolute Gasteiger partial charge is 0.493 e. The van der Waals surface area contributed by atoms with Crippen molar-refractivity contribution in [1.82, 2.24) is 0 Å². The monoisotopic (exact) mass is 245 g/mol. The van der Waals surface area contributed by atoms with Crippen LogP contribution in [0.15, 0.2) is 30.3 Å². The van der Waals surface area contributed by atoms with Crippen LogP contribution >= 0.6 is 0 Å². The highest BCUT2D eigenvalue weighted by molar-refractivity contribution is 5.51. The third kappa shape index (κ3) is 4.19. The molecule has 0 radical (unpaired) electrons. The first-order valence-corrected chi connectivity index (χ1v) is 6.98. The quantitative estimate of drug-likeness (QED) is 0.860. The van der Waals surface area contributed by atoms with Crippen molar-refractivity contribution < 1.29 is 4.74 Å². The topological polar surface area (TPSA) is 35.2 Å². The fourth-order valence-electron chi connectivity index (χ4n) is 2.48. The summed E-state index contributed by atoms with van der Waals surface area (Å²) in [5, 5.41) is 0. The number of benzene rings is 1. The number of rotatable bonds is 5. The molecule has 1 aliphatic carbocycles. The molecule has 1 saturated carbocycles.